The van der Waals surface area contributed by atoms with Crippen LogP contribution in [-0.2, 0) is 16.1 Å². The third kappa shape index (κ3) is 4.05. The molecule has 1 aliphatic heterocycles. The normalized spacial score (nSPS) is 11.9. The molecule has 0 unspecified atom stereocenters. The summed E-state index contributed by atoms with van der Waals surface area (Å²) in [6.45, 7) is 2.52. The lowest BCUT2D eigenvalue weighted by Gasteiger charge is -2.21. The molecule has 0 radical (unpaired) electrons. The van der Waals surface area contributed by atoms with E-state index in [2.05, 4.69) is 4.98 Å². The first-order valence-electron chi connectivity index (χ1n) is 8.02. The summed E-state index contributed by atoms with van der Waals surface area (Å²) in [5.74, 6) is 0.350. The van der Waals surface area contributed by atoms with Crippen LogP contribution in [0.2, 0.25) is 5.15 Å². The monoisotopic (exact) mass is 376 g/mol. The fraction of sp³-hybridized carbons (Fsp3) is 0.278. The number of rotatable bonds is 6. The molecule has 1 aliphatic rings. The summed E-state index contributed by atoms with van der Waals surface area (Å²) < 4.78 is 15.7. The van der Waals surface area contributed by atoms with Crippen molar-refractivity contribution in [3.8, 4) is 11.5 Å². The Kier molecular flexibility index (Phi) is 5.58. The van der Waals surface area contributed by atoms with Crippen LogP contribution in [0.5, 0.6) is 11.5 Å². The van der Waals surface area contributed by atoms with Crippen LogP contribution in [0, 0.1) is 0 Å². The molecule has 0 spiro atoms. The molecule has 7 nitrogen and oxygen atoms in total. The summed E-state index contributed by atoms with van der Waals surface area (Å²) in [7, 11) is 0. The minimum Gasteiger partial charge on any atom is -0.454 e. The lowest BCUT2D eigenvalue weighted by Crippen LogP contribution is -2.34. The third-order valence-corrected chi connectivity index (χ3v) is 4.15. The Hall–Kier alpha value is -2.80. The fourth-order valence-corrected chi connectivity index (χ4v) is 2.67. The highest BCUT2D eigenvalue weighted by molar-refractivity contribution is 6.32. The number of halogens is 1. The van der Waals surface area contributed by atoms with Crippen LogP contribution < -0.4 is 9.47 Å². The third-order valence-electron chi connectivity index (χ3n) is 3.85. The number of ether oxygens (including phenoxy) is 3. The van der Waals surface area contributed by atoms with E-state index in [0.717, 1.165) is 5.56 Å². The van der Waals surface area contributed by atoms with Gasteiger partial charge < -0.3 is 19.1 Å². The van der Waals surface area contributed by atoms with E-state index >= 15 is 0 Å². The molecule has 0 aliphatic carbocycles. The number of benzene rings is 1. The van der Waals surface area contributed by atoms with Gasteiger partial charge in [-0.3, -0.25) is 4.79 Å². The molecule has 2 heterocycles. The largest absolute Gasteiger partial charge is 0.454 e. The predicted molar refractivity (Wildman–Crippen MR) is 93.2 cm³/mol. The molecular weight excluding hydrogens is 360 g/mol. The first-order chi connectivity index (χ1) is 12.6. The van der Waals surface area contributed by atoms with Crippen molar-refractivity contribution in [3.05, 3.63) is 52.8 Å². The van der Waals surface area contributed by atoms with Crippen molar-refractivity contribution in [2.75, 3.05) is 19.9 Å². The average Bonchev–Trinajstić information content (AvgIpc) is 3.12. The van der Waals surface area contributed by atoms with E-state index in [4.69, 9.17) is 25.8 Å². The molecule has 8 heteroatoms. The summed E-state index contributed by atoms with van der Waals surface area (Å²) in [6.07, 6.45) is 1.47. The number of pyridine rings is 1. The number of hydrogen-bond donors (Lipinski definition) is 0. The molecule has 0 saturated heterocycles. The SMILES string of the molecule is CCN(Cc1ccc2c(c1)OCO2)C(=O)COC(=O)c1cccnc1Cl. The second kappa shape index (κ2) is 8.05. The number of amides is 1. The van der Waals surface area contributed by atoms with Gasteiger partial charge in [-0.25, -0.2) is 9.78 Å². The fourth-order valence-electron chi connectivity index (χ4n) is 2.47. The summed E-state index contributed by atoms with van der Waals surface area (Å²) in [4.78, 5) is 29.8. The zero-order valence-corrected chi connectivity index (χ0v) is 14.9. The Morgan fingerprint density at radius 3 is 2.85 bits per heavy atom. The van der Waals surface area contributed by atoms with E-state index in [0.29, 0.717) is 24.6 Å². The maximum atomic E-state index is 12.4. The number of carbonyl (C=O) groups is 2. The van der Waals surface area contributed by atoms with Gasteiger partial charge in [0.2, 0.25) is 6.79 Å². The van der Waals surface area contributed by atoms with Gasteiger partial charge in [0.15, 0.2) is 18.1 Å². The van der Waals surface area contributed by atoms with E-state index in [9.17, 15) is 9.59 Å². The van der Waals surface area contributed by atoms with Gasteiger partial charge in [-0.1, -0.05) is 17.7 Å². The van der Waals surface area contributed by atoms with Crippen LogP contribution in [0.3, 0.4) is 0 Å². The standard InChI is InChI=1S/C18H17ClN2O5/c1-2-21(9-12-5-6-14-15(8-12)26-11-25-14)16(22)10-24-18(23)13-4-3-7-20-17(13)19/h3-8H,2,9-11H2,1H3. The molecule has 1 aromatic carbocycles. The van der Waals surface area contributed by atoms with Crippen molar-refractivity contribution < 1.29 is 23.8 Å². The van der Waals surface area contributed by atoms with Gasteiger partial charge in [0.1, 0.15) is 5.15 Å². The summed E-state index contributed by atoms with van der Waals surface area (Å²) in [5.41, 5.74) is 1.02. The number of carbonyl (C=O) groups excluding carboxylic acids is 2. The van der Waals surface area contributed by atoms with Crippen LogP contribution in [0.4, 0.5) is 0 Å². The zero-order chi connectivity index (χ0) is 18.5. The van der Waals surface area contributed by atoms with Crippen LogP contribution in [0.15, 0.2) is 36.5 Å². The maximum absolute atomic E-state index is 12.4. The molecule has 2 aromatic rings. The molecule has 1 amide bonds. The number of aromatic nitrogens is 1. The highest BCUT2D eigenvalue weighted by Gasteiger charge is 2.19. The molecular formula is C18H17ClN2O5. The van der Waals surface area contributed by atoms with E-state index in [1.165, 1.54) is 12.3 Å². The van der Waals surface area contributed by atoms with Crippen LogP contribution >= 0.6 is 11.6 Å². The van der Waals surface area contributed by atoms with Crippen LogP contribution in [0.1, 0.15) is 22.8 Å². The van der Waals surface area contributed by atoms with Gasteiger partial charge in [0, 0.05) is 19.3 Å². The zero-order valence-electron chi connectivity index (χ0n) is 14.1. The number of fused-ring (bicyclic) bond motifs is 1. The van der Waals surface area contributed by atoms with Gasteiger partial charge >= 0.3 is 5.97 Å². The van der Waals surface area contributed by atoms with Crippen molar-refractivity contribution >= 4 is 23.5 Å². The molecule has 0 N–H and O–H groups in total. The van der Waals surface area contributed by atoms with Crippen molar-refractivity contribution in [3.63, 3.8) is 0 Å². The molecule has 0 fully saturated rings. The van der Waals surface area contributed by atoms with E-state index in [1.54, 1.807) is 17.0 Å². The van der Waals surface area contributed by atoms with E-state index in [-0.39, 0.29) is 30.0 Å². The highest BCUT2D eigenvalue weighted by atomic mass is 35.5. The Bertz CT molecular complexity index is 827. The molecule has 1 aromatic heterocycles. The topological polar surface area (TPSA) is 78.0 Å². The van der Waals surface area contributed by atoms with Crippen LogP contribution in [0.25, 0.3) is 0 Å². The number of hydrogen-bond acceptors (Lipinski definition) is 6. The maximum Gasteiger partial charge on any atom is 0.341 e. The quantitative estimate of drug-likeness (QED) is 0.569. The van der Waals surface area contributed by atoms with Crippen molar-refractivity contribution in [1.82, 2.24) is 9.88 Å². The van der Waals surface area contributed by atoms with Gasteiger partial charge in [0.05, 0.1) is 5.56 Å². The average molecular weight is 377 g/mol. The lowest BCUT2D eigenvalue weighted by molar-refractivity contribution is -0.134. The van der Waals surface area contributed by atoms with Gasteiger partial charge in [0.25, 0.3) is 5.91 Å². The molecule has 0 saturated carbocycles. The Morgan fingerprint density at radius 2 is 2.08 bits per heavy atom. The Balaban J connectivity index is 1.59. The number of likely N-dealkylation sites (N-methyl/N-ethyl adjacent to an activating group) is 1. The van der Waals surface area contributed by atoms with Gasteiger partial charge in [-0.15, -0.1) is 0 Å². The first kappa shape index (κ1) is 18.0. The minimum atomic E-state index is -0.685. The highest BCUT2D eigenvalue weighted by Crippen LogP contribution is 2.32. The van der Waals surface area contributed by atoms with Crippen LogP contribution in [-0.4, -0.2) is 41.7 Å². The molecule has 26 heavy (non-hydrogen) atoms. The molecule has 0 atom stereocenters. The smallest absolute Gasteiger partial charge is 0.341 e. The van der Waals surface area contributed by atoms with E-state index in [1.807, 2.05) is 19.1 Å². The van der Waals surface area contributed by atoms with Crippen molar-refractivity contribution in [1.29, 1.82) is 0 Å². The second-order valence-corrected chi connectivity index (χ2v) is 5.87. The minimum absolute atomic E-state index is 0.0395. The van der Waals surface area contributed by atoms with Crippen molar-refractivity contribution in [2.24, 2.45) is 0 Å². The summed E-state index contributed by atoms with van der Waals surface area (Å²) >= 11 is 5.85. The first-order valence-corrected chi connectivity index (χ1v) is 8.40. The van der Waals surface area contributed by atoms with E-state index < -0.39 is 5.97 Å². The lowest BCUT2D eigenvalue weighted by atomic mass is 10.2. The predicted octanol–water partition coefficient (Wildman–Crippen LogP) is 2.67. The molecule has 136 valence electrons. The summed E-state index contributed by atoms with van der Waals surface area (Å²) in [5, 5.41) is 0.0395. The van der Waals surface area contributed by atoms with Gasteiger partial charge in [-0.05, 0) is 36.8 Å². The second-order valence-electron chi connectivity index (χ2n) is 5.51. The Morgan fingerprint density at radius 1 is 1.27 bits per heavy atom. The number of nitrogens with zero attached hydrogens (tertiary/aromatic N) is 2. The van der Waals surface area contributed by atoms with Gasteiger partial charge in [-0.2, -0.15) is 0 Å². The number of esters is 1. The summed E-state index contributed by atoms with van der Waals surface area (Å²) in [6, 6.07) is 8.57. The van der Waals surface area contributed by atoms with Crippen molar-refractivity contribution in [2.45, 2.75) is 13.5 Å². The molecule has 0 bridgehead atoms. The molecule has 3 rings (SSSR count). The Labute approximate surface area is 155 Å².